The summed E-state index contributed by atoms with van der Waals surface area (Å²) in [7, 11) is -3.35. The number of aryl methyl sites for hydroxylation is 1. The highest BCUT2D eigenvalue weighted by Gasteiger charge is 2.31. The van der Waals surface area contributed by atoms with Crippen LogP contribution in [-0.2, 0) is 16.6 Å². The van der Waals surface area contributed by atoms with E-state index in [2.05, 4.69) is 10.1 Å². The van der Waals surface area contributed by atoms with Crippen LogP contribution in [0.15, 0.2) is 29.0 Å². The predicted molar refractivity (Wildman–Crippen MR) is 80.6 cm³/mol. The molecule has 0 spiro atoms. The van der Waals surface area contributed by atoms with Crippen molar-refractivity contribution < 1.29 is 8.42 Å². The lowest BCUT2D eigenvalue weighted by molar-refractivity contribution is 0.240. The molecular weight excluding hydrogens is 308 g/mol. The molecule has 1 aliphatic heterocycles. The molecule has 0 N–H and O–H groups in total. The molecule has 0 aliphatic carbocycles. The molecule has 3 heterocycles. The Labute approximate surface area is 128 Å². The molecule has 2 aromatic heterocycles. The predicted octanol–water partition coefficient (Wildman–Crippen LogP) is 1.75. The average molecular weight is 326 g/mol. The fourth-order valence-corrected chi connectivity index (χ4v) is 5.66. The Morgan fingerprint density at radius 2 is 2.29 bits per heavy atom. The molecule has 1 saturated heterocycles. The Balaban J connectivity index is 1.73. The minimum absolute atomic E-state index is 0.288. The monoisotopic (exact) mass is 326 g/mol. The van der Waals surface area contributed by atoms with Gasteiger partial charge in [0, 0.05) is 24.5 Å². The summed E-state index contributed by atoms with van der Waals surface area (Å²) in [5.41, 5.74) is 0. The number of aromatic nitrogens is 3. The highest BCUT2D eigenvalue weighted by molar-refractivity contribution is 7.91. The fourth-order valence-electron chi connectivity index (χ4n) is 2.66. The molecule has 114 valence electrons. The summed E-state index contributed by atoms with van der Waals surface area (Å²) in [4.78, 5) is 4.95. The molecule has 1 fully saturated rings. The summed E-state index contributed by atoms with van der Waals surface area (Å²) in [6, 6.07) is 3.56. The lowest BCUT2D eigenvalue weighted by Crippen LogP contribution is -2.40. The van der Waals surface area contributed by atoms with E-state index in [1.807, 2.05) is 13.0 Å². The lowest BCUT2D eigenvalue weighted by atomic mass is 10.00. The Morgan fingerprint density at radius 3 is 2.95 bits per heavy atom. The molecule has 0 bridgehead atoms. The summed E-state index contributed by atoms with van der Waals surface area (Å²) in [5, 5.41) is 4.10. The average Bonchev–Trinajstić information content (AvgIpc) is 3.11. The molecule has 6 nitrogen and oxygen atoms in total. The van der Waals surface area contributed by atoms with Crippen LogP contribution in [0.4, 0.5) is 0 Å². The smallest absolute Gasteiger partial charge is 0.252 e. The molecule has 0 radical (unpaired) electrons. The first-order chi connectivity index (χ1) is 10.1. The van der Waals surface area contributed by atoms with E-state index in [9.17, 15) is 8.42 Å². The van der Waals surface area contributed by atoms with Gasteiger partial charge in [-0.3, -0.25) is 4.68 Å². The molecule has 8 heteroatoms. The van der Waals surface area contributed by atoms with E-state index in [0.717, 1.165) is 24.3 Å². The quantitative estimate of drug-likeness (QED) is 0.858. The van der Waals surface area contributed by atoms with Crippen LogP contribution in [0.1, 0.15) is 17.7 Å². The first-order valence-corrected chi connectivity index (χ1v) is 9.20. The van der Waals surface area contributed by atoms with Crippen molar-refractivity contribution in [1.29, 1.82) is 0 Å². The maximum atomic E-state index is 12.7. The molecule has 0 saturated carbocycles. The van der Waals surface area contributed by atoms with Gasteiger partial charge in [0.2, 0.25) is 0 Å². The second-order valence-corrected chi connectivity index (χ2v) is 8.81. The summed E-state index contributed by atoms with van der Waals surface area (Å²) in [6.07, 6.45) is 5.10. The van der Waals surface area contributed by atoms with Gasteiger partial charge in [0.15, 0.2) is 0 Å². The minimum Gasteiger partial charge on any atom is -0.253 e. The van der Waals surface area contributed by atoms with E-state index in [1.165, 1.54) is 17.7 Å². The van der Waals surface area contributed by atoms with Gasteiger partial charge >= 0.3 is 0 Å². The van der Waals surface area contributed by atoms with Gasteiger partial charge in [0.25, 0.3) is 10.0 Å². The molecule has 1 atom stereocenters. The number of nitrogens with zero attached hydrogens (tertiary/aromatic N) is 4. The topological polar surface area (TPSA) is 68.1 Å². The van der Waals surface area contributed by atoms with E-state index < -0.39 is 10.0 Å². The van der Waals surface area contributed by atoms with E-state index in [1.54, 1.807) is 21.4 Å². The molecule has 3 rings (SSSR count). The largest absolute Gasteiger partial charge is 0.253 e. The van der Waals surface area contributed by atoms with Gasteiger partial charge in [0.1, 0.15) is 16.9 Å². The molecule has 1 unspecified atom stereocenters. The molecule has 0 aromatic carbocycles. The van der Waals surface area contributed by atoms with Gasteiger partial charge in [-0.15, -0.1) is 11.3 Å². The molecule has 1 aliphatic rings. The van der Waals surface area contributed by atoms with Gasteiger partial charge in [0.05, 0.1) is 0 Å². The van der Waals surface area contributed by atoms with Crippen LogP contribution in [0.2, 0.25) is 0 Å². The number of hydrogen-bond donors (Lipinski definition) is 0. The van der Waals surface area contributed by atoms with Crippen molar-refractivity contribution >= 4 is 21.4 Å². The van der Waals surface area contributed by atoms with Crippen molar-refractivity contribution in [2.45, 2.75) is 30.5 Å². The number of piperidine rings is 1. The normalized spacial score (nSPS) is 20.7. The summed E-state index contributed by atoms with van der Waals surface area (Å²) >= 11 is 1.34. The van der Waals surface area contributed by atoms with Crippen LogP contribution in [0, 0.1) is 12.8 Å². The second kappa shape index (κ2) is 5.86. The number of rotatable bonds is 4. The van der Waals surface area contributed by atoms with Crippen molar-refractivity contribution in [3.8, 4) is 0 Å². The standard InChI is InChI=1S/C13H18N4O2S2/c1-11-4-5-13(20-11)21(18,19)17-6-2-3-12(8-17)7-16-10-14-9-15-16/h4-5,9-10,12H,2-3,6-8H2,1H3. The Morgan fingerprint density at radius 1 is 1.43 bits per heavy atom. The molecular formula is C13H18N4O2S2. The highest BCUT2D eigenvalue weighted by atomic mass is 32.2. The summed E-state index contributed by atoms with van der Waals surface area (Å²) < 4.78 is 29.1. The second-order valence-electron chi connectivity index (χ2n) is 5.35. The Kier molecular flexibility index (Phi) is 4.10. The van der Waals surface area contributed by atoms with Gasteiger partial charge in [-0.25, -0.2) is 13.4 Å². The third-order valence-corrected chi connectivity index (χ3v) is 7.04. The van der Waals surface area contributed by atoms with Crippen molar-refractivity contribution in [3.63, 3.8) is 0 Å². The van der Waals surface area contributed by atoms with Crippen molar-refractivity contribution in [1.82, 2.24) is 19.1 Å². The van der Waals surface area contributed by atoms with Gasteiger partial charge < -0.3 is 0 Å². The SMILES string of the molecule is Cc1ccc(S(=O)(=O)N2CCCC(Cn3cncn3)C2)s1. The lowest BCUT2D eigenvalue weighted by Gasteiger charge is -2.31. The Hall–Kier alpha value is -1.25. The van der Waals surface area contributed by atoms with Crippen LogP contribution in [0.5, 0.6) is 0 Å². The van der Waals surface area contributed by atoms with E-state index in [-0.39, 0.29) is 5.92 Å². The maximum Gasteiger partial charge on any atom is 0.252 e. The third kappa shape index (κ3) is 3.17. The van der Waals surface area contributed by atoms with Crippen LogP contribution < -0.4 is 0 Å². The van der Waals surface area contributed by atoms with E-state index >= 15 is 0 Å². The molecule has 0 amide bonds. The van der Waals surface area contributed by atoms with Gasteiger partial charge in [-0.05, 0) is 37.8 Å². The molecule has 21 heavy (non-hydrogen) atoms. The van der Waals surface area contributed by atoms with Crippen LogP contribution >= 0.6 is 11.3 Å². The first-order valence-electron chi connectivity index (χ1n) is 6.95. The van der Waals surface area contributed by atoms with Crippen LogP contribution in [0.3, 0.4) is 0 Å². The van der Waals surface area contributed by atoms with Crippen molar-refractivity contribution in [3.05, 3.63) is 29.7 Å². The minimum atomic E-state index is -3.35. The maximum absolute atomic E-state index is 12.7. The first kappa shape index (κ1) is 14.7. The zero-order valence-electron chi connectivity index (χ0n) is 11.8. The summed E-state index contributed by atoms with van der Waals surface area (Å²) in [5.74, 6) is 0.288. The van der Waals surface area contributed by atoms with E-state index in [4.69, 9.17) is 0 Å². The highest BCUT2D eigenvalue weighted by Crippen LogP contribution is 2.28. The molecule has 2 aromatic rings. The van der Waals surface area contributed by atoms with Gasteiger partial charge in [-0.1, -0.05) is 0 Å². The number of hydrogen-bond acceptors (Lipinski definition) is 5. The van der Waals surface area contributed by atoms with Crippen LogP contribution in [-0.4, -0.2) is 40.6 Å². The Bertz CT molecular complexity index is 694. The van der Waals surface area contributed by atoms with Crippen molar-refractivity contribution in [2.24, 2.45) is 5.92 Å². The van der Waals surface area contributed by atoms with Gasteiger partial charge in [-0.2, -0.15) is 9.40 Å². The van der Waals surface area contributed by atoms with Crippen molar-refractivity contribution in [2.75, 3.05) is 13.1 Å². The number of thiophene rings is 1. The summed E-state index contributed by atoms with van der Waals surface area (Å²) in [6.45, 7) is 3.80. The zero-order valence-corrected chi connectivity index (χ0v) is 13.5. The fraction of sp³-hybridized carbons (Fsp3) is 0.538. The third-order valence-electron chi connectivity index (χ3n) is 3.70. The van der Waals surface area contributed by atoms with Crippen LogP contribution in [0.25, 0.3) is 0 Å². The number of sulfonamides is 1. The van der Waals surface area contributed by atoms with E-state index in [0.29, 0.717) is 17.3 Å². The zero-order chi connectivity index (χ0) is 14.9.